The summed E-state index contributed by atoms with van der Waals surface area (Å²) in [6.45, 7) is 1.11. The molecule has 1 fully saturated rings. The van der Waals surface area contributed by atoms with Gasteiger partial charge >= 0.3 is 0 Å². The van der Waals surface area contributed by atoms with Crippen LogP contribution in [-0.2, 0) is 9.84 Å². The summed E-state index contributed by atoms with van der Waals surface area (Å²) >= 11 is 0. The van der Waals surface area contributed by atoms with Gasteiger partial charge in [0, 0.05) is 54.8 Å². The van der Waals surface area contributed by atoms with Gasteiger partial charge in [0.15, 0.2) is 9.84 Å². The molecule has 4 aromatic rings. The molecule has 12 heteroatoms. The van der Waals surface area contributed by atoms with Crippen molar-refractivity contribution in [3.8, 4) is 23.4 Å². The molecule has 4 aromatic heterocycles. The first-order valence-electron chi connectivity index (χ1n) is 10.9. The van der Waals surface area contributed by atoms with Crippen molar-refractivity contribution in [2.75, 3.05) is 24.2 Å². The first-order chi connectivity index (χ1) is 16.9. The molecule has 0 spiro atoms. The maximum atomic E-state index is 12.2. The molecule has 0 saturated carbocycles. The summed E-state index contributed by atoms with van der Waals surface area (Å²) in [5.41, 5.74) is 2.36. The number of hydrogen-bond donors (Lipinski definition) is 1. The van der Waals surface area contributed by atoms with Gasteiger partial charge in [-0.2, -0.15) is 15.6 Å². The average Bonchev–Trinajstić information content (AvgIpc) is 3.62. The first-order valence-corrected chi connectivity index (χ1v) is 12.8. The number of anilines is 1. The van der Waals surface area contributed by atoms with E-state index in [1.54, 1.807) is 17.1 Å². The summed E-state index contributed by atoms with van der Waals surface area (Å²) in [7, 11) is -3.57. The second kappa shape index (κ2) is 8.81. The van der Waals surface area contributed by atoms with Crippen LogP contribution in [0, 0.1) is 28.6 Å². The molecule has 2 atom stereocenters. The van der Waals surface area contributed by atoms with E-state index >= 15 is 0 Å². The number of sulfone groups is 1. The molecule has 1 aliphatic rings. The van der Waals surface area contributed by atoms with Crippen molar-refractivity contribution in [3.05, 3.63) is 48.8 Å². The zero-order valence-electron chi connectivity index (χ0n) is 18.8. The number of nitrogens with one attached hydrogen (secondary N) is 1. The normalized spacial score (nSPS) is 16.8. The van der Waals surface area contributed by atoms with Crippen molar-refractivity contribution >= 4 is 26.7 Å². The van der Waals surface area contributed by atoms with Gasteiger partial charge in [-0.05, 0) is 18.6 Å². The molecule has 1 aliphatic heterocycles. The van der Waals surface area contributed by atoms with Crippen LogP contribution in [0.25, 0.3) is 22.3 Å². The van der Waals surface area contributed by atoms with E-state index in [2.05, 4.69) is 31.1 Å². The highest BCUT2D eigenvalue weighted by molar-refractivity contribution is 7.90. The number of rotatable bonds is 6. The minimum atomic E-state index is -3.57. The van der Waals surface area contributed by atoms with Crippen LogP contribution in [0.15, 0.2) is 48.1 Å². The van der Waals surface area contributed by atoms with Crippen molar-refractivity contribution in [2.24, 2.45) is 5.92 Å². The fraction of sp³-hybridized carbons (Fsp3) is 0.304. The Kier molecular flexibility index (Phi) is 5.67. The van der Waals surface area contributed by atoms with Crippen LogP contribution in [0.5, 0.6) is 0 Å². The molecule has 0 aliphatic carbocycles. The lowest BCUT2D eigenvalue weighted by Gasteiger charge is -2.23. The van der Waals surface area contributed by atoms with Crippen LogP contribution in [0.3, 0.4) is 0 Å². The number of nitrogens with zero attached hydrogens (tertiary/aromatic N) is 8. The smallest absolute Gasteiger partial charge is 0.177 e. The van der Waals surface area contributed by atoms with Crippen molar-refractivity contribution in [3.63, 3.8) is 0 Å². The molecule has 11 nitrogen and oxygen atoms in total. The molecule has 35 heavy (non-hydrogen) atoms. The third-order valence-corrected chi connectivity index (χ3v) is 7.48. The van der Waals surface area contributed by atoms with E-state index in [1.807, 2.05) is 23.2 Å². The SMILES string of the molecule is CS(=O)(=O)c1ccnc(N2CC[C@H]([C@H](CC#N)n3cc(-c4ncnc5[nH]ccc45)cn3)C2)c1C#N. The van der Waals surface area contributed by atoms with Crippen LogP contribution in [0.1, 0.15) is 24.4 Å². The zero-order valence-corrected chi connectivity index (χ0v) is 19.6. The minimum absolute atomic E-state index is 0.0281. The Bertz CT molecular complexity index is 1590. The summed E-state index contributed by atoms with van der Waals surface area (Å²) in [4.78, 5) is 17.9. The predicted octanol–water partition coefficient (Wildman–Crippen LogP) is 2.47. The number of aromatic nitrogens is 6. The molecule has 0 bridgehead atoms. The summed E-state index contributed by atoms with van der Waals surface area (Å²) in [6.07, 6.45) is 10.4. The molecule has 176 valence electrons. The Labute approximate surface area is 201 Å². The monoisotopic (exact) mass is 487 g/mol. The van der Waals surface area contributed by atoms with Crippen LogP contribution < -0.4 is 4.90 Å². The summed E-state index contributed by atoms with van der Waals surface area (Å²) in [6, 6.07) is 7.34. The lowest BCUT2D eigenvalue weighted by molar-refractivity contribution is 0.332. The van der Waals surface area contributed by atoms with Gasteiger partial charge in [0.25, 0.3) is 0 Å². The molecule has 5 heterocycles. The molecule has 1 N–H and O–H groups in total. The maximum absolute atomic E-state index is 12.2. The fourth-order valence-electron chi connectivity index (χ4n) is 4.70. The Morgan fingerprint density at radius 2 is 2.11 bits per heavy atom. The van der Waals surface area contributed by atoms with Gasteiger partial charge in [-0.1, -0.05) is 0 Å². The highest BCUT2D eigenvalue weighted by atomic mass is 32.2. The first kappa shape index (κ1) is 22.5. The van der Waals surface area contributed by atoms with E-state index in [1.165, 1.54) is 18.6 Å². The fourth-order valence-corrected chi connectivity index (χ4v) is 5.51. The number of aromatic amines is 1. The quantitative estimate of drug-likeness (QED) is 0.431. The summed E-state index contributed by atoms with van der Waals surface area (Å²) < 4.78 is 26.1. The van der Waals surface area contributed by atoms with Crippen molar-refractivity contribution in [1.82, 2.24) is 29.7 Å². The largest absolute Gasteiger partial charge is 0.355 e. The molecule has 0 amide bonds. The van der Waals surface area contributed by atoms with Gasteiger partial charge in [-0.15, -0.1) is 0 Å². The van der Waals surface area contributed by atoms with E-state index in [0.717, 1.165) is 35.0 Å². The van der Waals surface area contributed by atoms with Crippen molar-refractivity contribution in [2.45, 2.75) is 23.8 Å². The highest BCUT2D eigenvalue weighted by Crippen LogP contribution is 2.35. The number of H-pyrrole nitrogens is 1. The topological polar surface area (TPSA) is 157 Å². The molecular formula is C23H21N9O2S. The Morgan fingerprint density at radius 3 is 2.89 bits per heavy atom. The third kappa shape index (κ3) is 4.09. The van der Waals surface area contributed by atoms with Gasteiger partial charge in [0.2, 0.25) is 0 Å². The Morgan fingerprint density at radius 1 is 1.26 bits per heavy atom. The summed E-state index contributed by atoms with van der Waals surface area (Å²) in [5, 5.41) is 24.7. The second-order valence-electron chi connectivity index (χ2n) is 8.49. The average molecular weight is 488 g/mol. The van der Waals surface area contributed by atoms with E-state index in [9.17, 15) is 18.9 Å². The molecule has 0 unspecified atom stereocenters. The van der Waals surface area contributed by atoms with Crippen LogP contribution in [-0.4, -0.2) is 57.5 Å². The lowest BCUT2D eigenvalue weighted by atomic mass is 9.96. The Balaban J connectivity index is 1.43. The molecule has 0 aromatic carbocycles. The van der Waals surface area contributed by atoms with Gasteiger partial charge in [0.1, 0.15) is 29.4 Å². The molecule has 5 rings (SSSR count). The van der Waals surface area contributed by atoms with E-state index < -0.39 is 9.84 Å². The second-order valence-corrected chi connectivity index (χ2v) is 10.5. The predicted molar refractivity (Wildman–Crippen MR) is 127 cm³/mol. The van der Waals surface area contributed by atoms with Crippen LogP contribution in [0.4, 0.5) is 5.82 Å². The van der Waals surface area contributed by atoms with Gasteiger partial charge < -0.3 is 9.88 Å². The van der Waals surface area contributed by atoms with Gasteiger partial charge in [-0.25, -0.2) is 23.4 Å². The maximum Gasteiger partial charge on any atom is 0.177 e. The summed E-state index contributed by atoms with van der Waals surface area (Å²) in [5.74, 6) is 0.404. The van der Waals surface area contributed by atoms with Crippen molar-refractivity contribution < 1.29 is 8.42 Å². The number of fused-ring (bicyclic) bond motifs is 1. The standard InChI is InChI=1S/C23H21N9O2S/c1-35(33,34)20-4-8-27-23(18(20)10-25)31-9-5-15(12-31)19(2-6-24)32-13-16(11-30-32)21-17-3-7-26-22(17)29-14-28-21/h3-4,7-8,11,13-15,19H,2,5,9,12H2,1H3,(H,26,28,29)/t15-,19-/m0/s1. The van der Waals surface area contributed by atoms with E-state index in [4.69, 9.17) is 0 Å². The van der Waals surface area contributed by atoms with E-state index in [-0.39, 0.29) is 28.8 Å². The molecule has 1 saturated heterocycles. The molecule has 0 radical (unpaired) electrons. The van der Waals surface area contributed by atoms with Crippen LogP contribution in [0.2, 0.25) is 0 Å². The number of nitriles is 2. The number of pyridine rings is 1. The van der Waals surface area contributed by atoms with Crippen molar-refractivity contribution in [1.29, 1.82) is 10.5 Å². The highest BCUT2D eigenvalue weighted by Gasteiger charge is 2.34. The van der Waals surface area contributed by atoms with Crippen LogP contribution >= 0.6 is 0 Å². The zero-order chi connectivity index (χ0) is 24.6. The minimum Gasteiger partial charge on any atom is -0.355 e. The number of hydrogen-bond acceptors (Lipinski definition) is 9. The lowest BCUT2D eigenvalue weighted by Crippen LogP contribution is -2.26. The van der Waals surface area contributed by atoms with E-state index in [0.29, 0.717) is 18.9 Å². The molecular weight excluding hydrogens is 466 g/mol. The third-order valence-electron chi connectivity index (χ3n) is 6.34. The Hall–Kier alpha value is -4.29. The van der Waals surface area contributed by atoms with Gasteiger partial charge in [-0.3, -0.25) is 4.68 Å². The van der Waals surface area contributed by atoms with Gasteiger partial charge in [0.05, 0.1) is 35.3 Å².